The molecule has 1 aliphatic heterocycles. The van der Waals surface area contributed by atoms with Crippen molar-refractivity contribution in [3.63, 3.8) is 0 Å². The summed E-state index contributed by atoms with van der Waals surface area (Å²) < 4.78 is 5.21. The molecule has 3 aromatic rings. The van der Waals surface area contributed by atoms with Crippen LogP contribution < -0.4 is 4.74 Å². The number of hydrogen-bond donors (Lipinski definition) is 1. The lowest BCUT2D eigenvalue weighted by molar-refractivity contribution is 0.0735. The van der Waals surface area contributed by atoms with E-state index >= 15 is 0 Å². The normalized spacial score (nSPS) is 13.6. The van der Waals surface area contributed by atoms with Gasteiger partial charge in [-0.05, 0) is 35.7 Å². The molecule has 0 radical (unpaired) electrons. The molecule has 0 fully saturated rings. The minimum absolute atomic E-state index is 0.0868. The topological polar surface area (TPSA) is 58.2 Å². The number of H-pyrrole nitrogens is 1. The maximum Gasteiger partial charge on any atom is 0.255 e. The van der Waals surface area contributed by atoms with E-state index in [2.05, 4.69) is 10.2 Å². The number of fused-ring (bicyclic) bond motifs is 1. The third-order valence-electron chi connectivity index (χ3n) is 4.35. The van der Waals surface area contributed by atoms with Crippen molar-refractivity contribution in [2.75, 3.05) is 13.7 Å². The molecule has 0 saturated heterocycles. The fraction of sp³-hybridized carbons (Fsp3) is 0.222. The summed E-state index contributed by atoms with van der Waals surface area (Å²) in [4.78, 5) is 14.5. The second kappa shape index (κ2) is 6.13. The van der Waals surface area contributed by atoms with Gasteiger partial charge < -0.3 is 9.64 Å². The van der Waals surface area contributed by atoms with E-state index in [1.165, 1.54) is 0 Å². The highest BCUT2D eigenvalue weighted by Crippen LogP contribution is 2.30. The molecule has 0 saturated carbocycles. The number of methoxy groups -OCH3 is 1. The molecular weight excluding hydrogens is 322 g/mol. The average molecular weight is 339 g/mol. The first-order valence-electron chi connectivity index (χ1n) is 7.78. The highest BCUT2D eigenvalue weighted by molar-refractivity contribution is 7.08. The van der Waals surface area contributed by atoms with Crippen LogP contribution in [0.5, 0.6) is 5.75 Å². The van der Waals surface area contributed by atoms with Gasteiger partial charge in [-0.25, -0.2) is 0 Å². The SMILES string of the molecule is COc1ccc(-c2n[nH]c3c2CN(C(=O)c2ccsc2)CC3)cc1. The van der Waals surface area contributed by atoms with Crippen LogP contribution in [0.4, 0.5) is 0 Å². The number of nitrogens with one attached hydrogen (secondary N) is 1. The van der Waals surface area contributed by atoms with Crippen molar-refractivity contribution in [1.82, 2.24) is 15.1 Å². The first-order chi connectivity index (χ1) is 11.8. The Morgan fingerprint density at radius 2 is 2.12 bits per heavy atom. The van der Waals surface area contributed by atoms with Crippen LogP contribution in [0.2, 0.25) is 0 Å². The van der Waals surface area contributed by atoms with Gasteiger partial charge >= 0.3 is 0 Å². The van der Waals surface area contributed by atoms with Gasteiger partial charge in [0.1, 0.15) is 5.75 Å². The van der Waals surface area contributed by atoms with E-state index in [1.54, 1.807) is 18.4 Å². The van der Waals surface area contributed by atoms with Crippen molar-refractivity contribution in [2.24, 2.45) is 0 Å². The van der Waals surface area contributed by atoms with Crippen LogP contribution in [0.3, 0.4) is 0 Å². The predicted molar refractivity (Wildman–Crippen MR) is 93.3 cm³/mol. The first kappa shape index (κ1) is 15.0. The van der Waals surface area contributed by atoms with Crippen LogP contribution in [-0.2, 0) is 13.0 Å². The maximum atomic E-state index is 12.6. The first-order valence-corrected chi connectivity index (χ1v) is 8.72. The molecular formula is C18H17N3O2S. The van der Waals surface area contributed by atoms with E-state index in [0.29, 0.717) is 13.1 Å². The fourth-order valence-corrected chi connectivity index (χ4v) is 3.65. The minimum Gasteiger partial charge on any atom is -0.497 e. The molecule has 0 bridgehead atoms. The van der Waals surface area contributed by atoms with E-state index in [1.807, 2.05) is 46.0 Å². The van der Waals surface area contributed by atoms with Crippen LogP contribution in [0.25, 0.3) is 11.3 Å². The molecule has 0 spiro atoms. The Labute approximate surface area is 143 Å². The van der Waals surface area contributed by atoms with Crippen molar-refractivity contribution < 1.29 is 9.53 Å². The lowest BCUT2D eigenvalue weighted by atomic mass is 10.0. The standard InChI is InChI=1S/C18H17N3O2S/c1-23-14-4-2-12(3-5-14)17-15-10-21(8-6-16(15)19-20-17)18(22)13-7-9-24-11-13/h2-5,7,9,11H,6,8,10H2,1H3,(H,19,20). The number of aromatic amines is 1. The number of benzene rings is 1. The van der Waals surface area contributed by atoms with Crippen LogP contribution >= 0.6 is 11.3 Å². The second-order valence-corrected chi connectivity index (χ2v) is 6.53. The zero-order valence-corrected chi connectivity index (χ0v) is 14.1. The summed E-state index contributed by atoms with van der Waals surface area (Å²) in [6.07, 6.45) is 0.800. The van der Waals surface area contributed by atoms with Crippen molar-refractivity contribution in [1.29, 1.82) is 0 Å². The van der Waals surface area contributed by atoms with Crippen molar-refractivity contribution >= 4 is 17.2 Å². The second-order valence-electron chi connectivity index (χ2n) is 5.75. The average Bonchev–Trinajstić information content (AvgIpc) is 3.30. The Balaban J connectivity index is 1.63. The number of carbonyl (C=O) groups excluding carboxylic acids is 1. The van der Waals surface area contributed by atoms with Gasteiger partial charge in [-0.1, -0.05) is 0 Å². The fourth-order valence-electron chi connectivity index (χ4n) is 3.02. The Kier molecular flexibility index (Phi) is 3.82. The Morgan fingerprint density at radius 1 is 1.29 bits per heavy atom. The summed E-state index contributed by atoms with van der Waals surface area (Å²) in [6, 6.07) is 9.72. The lowest BCUT2D eigenvalue weighted by Crippen LogP contribution is -2.35. The van der Waals surface area contributed by atoms with Gasteiger partial charge in [0.25, 0.3) is 5.91 Å². The Morgan fingerprint density at radius 3 is 2.83 bits per heavy atom. The van der Waals surface area contributed by atoms with E-state index in [0.717, 1.165) is 40.2 Å². The van der Waals surface area contributed by atoms with Gasteiger partial charge in [-0.3, -0.25) is 9.89 Å². The Bertz CT molecular complexity index is 853. The molecule has 1 aromatic carbocycles. The molecule has 2 aromatic heterocycles. The van der Waals surface area contributed by atoms with Gasteiger partial charge in [-0.15, -0.1) is 0 Å². The number of hydrogen-bond acceptors (Lipinski definition) is 4. The summed E-state index contributed by atoms with van der Waals surface area (Å²) in [5.41, 5.74) is 4.93. The molecule has 3 heterocycles. The van der Waals surface area contributed by atoms with Gasteiger partial charge in [0.15, 0.2) is 0 Å². The van der Waals surface area contributed by atoms with Crippen LogP contribution in [-0.4, -0.2) is 34.7 Å². The maximum absolute atomic E-state index is 12.6. The molecule has 0 unspecified atom stereocenters. The lowest BCUT2D eigenvalue weighted by Gasteiger charge is -2.27. The minimum atomic E-state index is 0.0868. The summed E-state index contributed by atoms with van der Waals surface area (Å²) in [5.74, 6) is 0.904. The molecule has 1 N–H and O–H groups in total. The molecule has 0 atom stereocenters. The molecule has 4 rings (SSSR count). The zero-order chi connectivity index (χ0) is 16.5. The monoisotopic (exact) mass is 339 g/mol. The van der Waals surface area contributed by atoms with Crippen molar-refractivity contribution in [3.05, 3.63) is 57.9 Å². The molecule has 24 heavy (non-hydrogen) atoms. The smallest absolute Gasteiger partial charge is 0.255 e. The number of ether oxygens (including phenoxy) is 1. The number of nitrogens with zero attached hydrogens (tertiary/aromatic N) is 2. The number of thiophene rings is 1. The van der Waals surface area contributed by atoms with E-state index < -0.39 is 0 Å². The van der Waals surface area contributed by atoms with Gasteiger partial charge in [0.05, 0.1) is 18.4 Å². The zero-order valence-electron chi connectivity index (χ0n) is 13.3. The van der Waals surface area contributed by atoms with Crippen molar-refractivity contribution in [2.45, 2.75) is 13.0 Å². The van der Waals surface area contributed by atoms with Gasteiger partial charge in [-0.2, -0.15) is 16.4 Å². The van der Waals surface area contributed by atoms with Crippen LogP contribution in [0.15, 0.2) is 41.1 Å². The Hall–Kier alpha value is -2.60. The number of aromatic nitrogens is 2. The van der Waals surface area contributed by atoms with E-state index in [4.69, 9.17) is 4.74 Å². The van der Waals surface area contributed by atoms with Gasteiger partial charge in [0.2, 0.25) is 0 Å². The van der Waals surface area contributed by atoms with Gasteiger partial charge in [0, 0.05) is 41.7 Å². The van der Waals surface area contributed by atoms with Crippen LogP contribution in [0, 0.1) is 0 Å². The van der Waals surface area contributed by atoms with Crippen molar-refractivity contribution in [3.8, 4) is 17.0 Å². The molecule has 6 heteroatoms. The quantitative estimate of drug-likeness (QED) is 0.796. The summed E-state index contributed by atoms with van der Waals surface area (Å²) in [7, 11) is 1.65. The number of amides is 1. The number of rotatable bonds is 3. The summed E-state index contributed by atoms with van der Waals surface area (Å²) >= 11 is 1.54. The largest absolute Gasteiger partial charge is 0.497 e. The summed E-state index contributed by atoms with van der Waals surface area (Å²) in [6.45, 7) is 1.30. The molecule has 1 amide bonds. The third kappa shape index (κ3) is 2.59. The van der Waals surface area contributed by atoms with Crippen LogP contribution in [0.1, 0.15) is 21.6 Å². The third-order valence-corrected chi connectivity index (χ3v) is 5.04. The van der Waals surface area contributed by atoms with E-state index in [-0.39, 0.29) is 5.91 Å². The predicted octanol–water partition coefficient (Wildman–Crippen LogP) is 3.35. The highest BCUT2D eigenvalue weighted by Gasteiger charge is 2.26. The molecule has 5 nitrogen and oxygen atoms in total. The summed E-state index contributed by atoms with van der Waals surface area (Å²) in [5, 5.41) is 11.4. The molecule has 1 aliphatic rings. The van der Waals surface area contributed by atoms with E-state index in [9.17, 15) is 4.79 Å². The number of carbonyl (C=O) groups is 1. The highest BCUT2D eigenvalue weighted by atomic mass is 32.1. The molecule has 0 aliphatic carbocycles. The molecule has 122 valence electrons.